The predicted octanol–water partition coefficient (Wildman–Crippen LogP) is 3.19. The van der Waals surface area contributed by atoms with Gasteiger partial charge in [-0.1, -0.05) is 42.2 Å². The molecular formula is C25H22N2O4. The van der Waals surface area contributed by atoms with Crippen molar-refractivity contribution in [2.75, 3.05) is 5.73 Å². The van der Waals surface area contributed by atoms with Crippen LogP contribution in [0.5, 0.6) is 5.75 Å². The van der Waals surface area contributed by atoms with Crippen molar-refractivity contribution in [3.63, 3.8) is 0 Å². The maximum atomic E-state index is 12.7. The first-order valence-electron chi connectivity index (χ1n) is 9.70. The van der Waals surface area contributed by atoms with Gasteiger partial charge in [0.2, 0.25) is 0 Å². The van der Waals surface area contributed by atoms with E-state index >= 15 is 0 Å². The summed E-state index contributed by atoms with van der Waals surface area (Å²) >= 11 is 0. The van der Waals surface area contributed by atoms with Crippen LogP contribution in [0.25, 0.3) is 0 Å². The summed E-state index contributed by atoms with van der Waals surface area (Å²) in [7, 11) is 0. The van der Waals surface area contributed by atoms with Crippen molar-refractivity contribution in [2.24, 2.45) is 0 Å². The quantitative estimate of drug-likeness (QED) is 0.366. The van der Waals surface area contributed by atoms with Crippen molar-refractivity contribution in [2.45, 2.75) is 18.9 Å². The van der Waals surface area contributed by atoms with Gasteiger partial charge in [0.25, 0.3) is 5.91 Å². The molecule has 0 spiro atoms. The third kappa shape index (κ3) is 6.12. The van der Waals surface area contributed by atoms with Crippen molar-refractivity contribution in [1.29, 1.82) is 0 Å². The Morgan fingerprint density at radius 2 is 1.68 bits per heavy atom. The number of carbonyl (C=O) groups is 2. The van der Waals surface area contributed by atoms with Gasteiger partial charge in [-0.25, -0.2) is 4.79 Å². The van der Waals surface area contributed by atoms with Gasteiger partial charge < -0.3 is 21.3 Å². The molecule has 156 valence electrons. The first kappa shape index (κ1) is 21.5. The maximum Gasteiger partial charge on any atom is 0.326 e. The number of aryl methyl sites for hydroxylation is 1. The molecule has 5 N–H and O–H groups in total. The zero-order valence-electron chi connectivity index (χ0n) is 16.7. The van der Waals surface area contributed by atoms with E-state index in [1.807, 2.05) is 30.3 Å². The molecule has 6 heteroatoms. The number of carboxylic acids is 1. The van der Waals surface area contributed by atoms with E-state index in [9.17, 15) is 19.8 Å². The topological polar surface area (TPSA) is 113 Å². The van der Waals surface area contributed by atoms with E-state index in [1.165, 1.54) is 24.3 Å². The number of hydrogen-bond donors (Lipinski definition) is 4. The molecule has 0 fully saturated rings. The van der Waals surface area contributed by atoms with Gasteiger partial charge in [0.15, 0.2) is 0 Å². The minimum Gasteiger partial charge on any atom is -0.508 e. The third-order valence-corrected chi connectivity index (χ3v) is 4.69. The van der Waals surface area contributed by atoms with Gasteiger partial charge in [0.1, 0.15) is 11.8 Å². The molecule has 1 amide bonds. The molecule has 0 unspecified atom stereocenters. The summed E-state index contributed by atoms with van der Waals surface area (Å²) in [6.07, 6.45) is 0.802. The van der Waals surface area contributed by atoms with Crippen LogP contribution in [-0.2, 0) is 11.2 Å². The van der Waals surface area contributed by atoms with Crippen LogP contribution in [0.4, 0.5) is 5.69 Å². The Labute approximate surface area is 180 Å². The summed E-state index contributed by atoms with van der Waals surface area (Å²) in [5.74, 6) is 4.38. The fraction of sp³-hybridized carbons (Fsp3) is 0.120. The number of nitrogen functional groups attached to an aromatic ring is 1. The monoisotopic (exact) mass is 414 g/mol. The lowest BCUT2D eigenvalue weighted by Gasteiger charge is -2.15. The molecule has 0 radical (unpaired) electrons. The number of amides is 1. The van der Waals surface area contributed by atoms with Gasteiger partial charge >= 0.3 is 5.97 Å². The lowest BCUT2D eigenvalue weighted by molar-refractivity contribution is -0.139. The molecule has 0 bridgehead atoms. The number of aromatic hydroxyl groups is 1. The molecule has 0 aliphatic rings. The van der Waals surface area contributed by atoms with E-state index < -0.39 is 17.9 Å². The number of benzene rings is 3. The number of carbonyl (C=O) groups excluding carboxylic acids is 1. The molecule has 3 aromatic carbocycles. The van der Waals surface area contributed by atoms with E-state index in [4.69, 9.17) is 5.73 Å². The molecule has 3 aromatic rings. The van der Waals surface area contributed by atoms with Gasteiger partial charge in [-0.2, -0.15) is 0 Å². The Kier molecular flexibility index (Phi) is 6.92. The summed E-state index contributed by atoms with van der Waals surface area (Å²) in [5.41, 5.74) is 8.79. The van der Waals surface area contributed by atoms with Gasteiger partial charge in [-0.15, -0.1) is 0 Å². The SMILES string of the molecule is Nc1ccc(C(=O)N[C@@H](CCc2ccccc2)C(=O)O)cc1C#Cc1ccc(O)cc1. The summed E-state index contributed by atoms with van der Waals surface area (Å²) in [6.45, 7) is 0. The summed E-state index contributed by atoms with van der Waals surface area (Å²) < 4.78 is 0. The molecule has 6 nitrogen and oxygen atoms in total. The number of rotatable bonds is 6. The van der Waals surface area contributed by atoms with E-state index in [2.05, 4.69) is 17.2 Å². The van der Waals surface area contributed by atoms with Crippen molar-refractivity contribution >= 4 is 17.6 Å². The number of hydrogen-bond acceptors (Lipinski definition) is 4. The molecule has 0 saturated carbocycles. The van der Waals surface area contributed by atoms with Crippen LogP contribution in [0.3, 0.4) is 0 Å². The number of phenols is 1. The van der Waals surface area contributed by atoms with E-state index in [1.54, 1.807) is 18.2 Å². The van der Waals surface area contributed by atoms with Crippen LogP contribution >= 0.6 is 0 Å². The number of carboxylic acid groups (broad SMARTS) is 1. The second-order valence-electron chi connectivity index (χ2n) is 6.99. The normalized spacial score (nSPS) is 11.1. The van der Waals surface area contributed by atoms with Crippen molar-refractivity contribution in [3.8, 4) is 17.6 Å². The summed E-state index contributed by atoms with van der Waals surface area (Å²) in [6, 6.07) is 19.5. The van der Waals surface area contributed by atoms with E-state index in [0.717, 1.165) is 5.56 Å². The zero-order valence-corrected chi connectivity index (χ0v) is 16.7. The minimum absolute atomic E-state index is 0.143. The molecule has 0 aliphatic heterocycles. The van der Waals surface area contributed by atoms with Crippen LogP contribution in [0.1, 0.15) is 33.5 Å². The minimum atomic E-state index is -1.09. The lowest BCUT2D eigenvalue weighted by Crippen LogP contribution is -2.41. The highest BCUT2D eigenvalue weighted by Crippen LogP contribution is 2.15. The Morgan fingerprint density at radius 3 is 2.35 bits per heavy atom. The Morgan fingerprint density at radius 1 is 0.968 bits per heavy atom. The maximum absolute atomic E-state index is 12.7. The highest BCUT2D eigenvalue weighted by atomic mass is 16.4. The molecule has 0 aromatic heterocycles. The largest absolute Gasteiger partial charge is 0.508 e. The fourth-order valence-electron chi connectivity index (χ4n) is 2.94. The Hall–Kier alpha value is -4.24. The number of aliphatic carboxylic acids is 1. The first-order valence-corrected chi connectivity index (χ1v) is 9.70. The van der Waals surface area contributed by atoms with Crippen LogP contribution in [0.15, 0.2) is 72.8 Å². The molecule has 0 heterocycles. The Balaban J connectivity index is 1.72. The van der Waals surface area contributed by atoms with Crippen LogP contribution < -0.4 is 11.1 Å². The van der Waals surface area contributed by atoms with Gasteiger partial charge in [0.05, 0.1) is 0 Å². The first-order chi connectivity index (χ1) is 14.9. The lowest BCUT2D eigenvalue weighted by atomic mass is 10.0. The van der Waals surface area contributed by atoms with Crippen molar-refractivity contribution in [3.05, 3.63) is 95.1 Å². The standard InChI is InChI=1S/C25H22N2O4/c26-22-14-11-20(16-19(22)10-6-18-7-12-21(28)13-8-18)24(29)27-23(25(30)31)15-9-17-4-2-1-3-5-17/h1-5,7-8,11-14,16,23,28H,9,15,26H2,(H,27,29)(H,30,31)/t23-/m0/s1. The summed E-state index contributed by atoms with van der Waals surface area (Å²) in [4.78, 5) is 24.3. The van der Waals surface area contributed by atoms with Gasteiger partial charge in [-0.05, 0) is 60.9 Å². The molecule has 0 saturated heterocycles. The fourth-order valence-corrected chi connectivity index (χ4v) is 2.94. The molecular weight excluding hydrogens is 392 g/mol. The van der Waals surface area contributed by atoms with E-state index in [-0.39, 0.29) is 17.7 Å². The highest BCUT2D eigenvalue weighted by Gasteiger charge is 2.21. The van der Waals surface area contributed by atoms with Crippen molar-refractivity contribution < 1.29 is 19.8 Å². The average molecular weight is 414 g/mol. The second-order valence-corrected chi connectivity index (χ2v) is 6.99. The van der Waals surface area contributed by atoms with Crippen molar-refractivity contribution in [1.82, 2.24) is 5.32 Å². The zero-order chi connectivity index (χ0) is 22.2. The van der Waals surface area contributed by atoms with E-state index in [0.29, 0.717) is 23.2 Å². The average Bonchev–Trinajstić information content (AvgIpc) is 2.77. The predicted molar refractivity (Wildman–Crippen MR) is 119 cm³/mol. The molecule has 0 aliphatic carbocycles. The van der Waals surface area contributed by atoms with Crippen LogP contribution in [0, 0.1) is 11.8 Å². The second kappa shape index (κ2) is 9.99. The Bertz CT molecular complexity index is 1130. The molecule has 3 rings (SSSR count). The van der Waals surface area contributed by atoms with Crippen LogP contribution in [0.2, 0.25) is 0 Å². The highest BCUT2D eigenvalue weighted by molar-refractivity contribution is 5.97. The smallest absolute Gasteiger partial charge is 0.326 e. The number of phenolic OH excluding ortho intramolecular Hbond substituents is 1. The molecule has 31 heavy (non-hydrogen) atoms. The van der Waals surface area contributed by atoms with Crippen LogP contribution in [-0.4, -0.2) is 28.1 Å². The van der Waals surface area contributed by atoms with Gasteiger partial charge in [-0.3, -0.25) is 4.79 Å². The molecule has 1 atom stereocenters. The summed E-state index contributed by atoms with van der Waals surface area (Å²) in [5, 5.41) is 21.4. The number of nitrogens with two attached hydrogens (primary N) is 1. The van der Waals surface area contributed by atoms with Gasteiger partial charge in [0, 0.05) is 22.4 Å². The third-order valence-electron chi connectivity index (χ3n) is 4.69. The number of anilines is 1. The number of nitrogens with one attached hydrogen (secondary N) is 1.